The van der Waals surface area contributed by atoms with E-state index >= 15 is 0 Å². The quantitative estimate of drug-likeness (QED) is 0.327. The highest BCUT2D eigenvalue weighted by atomic mass is 32.2. The largest absolute Gasteiger partial charge is 0.497 e. The zero-order chi connectivity index (χ0) is 27.8. The van der Waals surface area contributed by atoms with Crippen LogP contribution in [0.3, 0.4) is 0 Å². The van der Waals surface area contributed by atoms with Gasteiger partial charge in [-0.1, -0.05) is 37.3 Å². The van der Waals surface area contributed by atoms with Crippen LogP contribution in [-0.4, -0.2) is 80.4 Å². The van der Waals surface area contributed by atoms with Crippen LogP contribution in [0.15, 0.2) is 59.5 Å². The first kappa shape index (κ1) is 29.9. The number of benzene rings is 2. The number of aliphatic hydroxyl groups excluding tert-OH is 1. The Hall–Kier alpha value is -2.70. The van der Waals surface area contributed by atoms with E-state index < -0.39 is 34.0 Å². The highest BCUT2D eigenvalue weighted by Crippen LogP contribution is 2.28. The van der Waals surface area contributed by atoms with E-state index in [0.717, 1.165) is 5.56 Å². The minimum atomic E-state index is -4.02. The fourth-order valence-corrected chi connectivity index (χ4v) is 6.04. The average molecular weight is 551 g/mol. The van der Waals surface area contributed by atoms with Crippen molar-refractivity contribution in [3.8, 4) is 5.75 Å². The number of nitrogens with one attached hydrogen (secondary N) is 1. The molecule has 0 aromatic heterocycles. The molecule has 0 radical (unpaired) electrons. The number of methoxy groups -OCH3 is 1. The van der Waals surface area contributed by atoms with Gasteiger partial charge < -0.3 is 29.7 Å². The third-order valence-electron chi connectivity index (χ3n) is 6.66. The third kappa shape index (κ3) is 8.40. The SMILES string of the molecule is COc1ccc(S(=O)(=O)N(CC(C)CCC2(C)OCCO2)C[C@H](O)[C@H](Cc2ccccc2)NC(=O)O)cc1. The molecule has 1 unspecified atom stereocenters. The lowest BCUT2D eigenvalue weighted by Crippen LogP contribution is -2.51. The molecule has 0 spiro atoms. The first-order chi connectivity index (χ1) is 18.0. The Morgan fingerprint density at radius 2 is 1.74 bits per heavy atom. The average Bonchev–Trinajstić information content (AvgIpc) is 3.33. The first-order valence-corrected chi connectivity index (χ1v) is 14.1. The Bertz CT molecular complexity index is 1120. The highest BCUT2D eigenvalue weighted by Gasteiger charge is 2.34. The molecule has 1 amide bonds. The molecule has 0 aliphatic carbocycles. The van der Waals surface area contributed by atoms with Crippen molar-refractivity contribution < 1.29 is 37.6 Å². The van der Waals surface area contributed by atoms with Crippen LogP contribution in [0.5, 0.6) is 5.75 Å². The Morgan fingerprint density at radius 1 is 1.11 bits per heavy atom. The zero-order valence-electron chi connectivity index (χ0n) is 22.1. The molecule has 3 N–H and O–H groups in total. The van der Waals surface area contributed by atoms with E-state index in [0.29, 0.717) is 31.8 Å². The molecule has 0 saturated carbocycles. The first-order valence-electron chi connectivity index (χ1n) is 12.7. The normalized spacial score (nSPS) is 17.6. The number of carboxylic acid groups (broad SMARTS) is 1. The molecule has 1 saturated heterocycles. The molecular weight excluding hydrogens is 512 g/mol. The number of hydrogen-bond donors (Lipinski definition) is 3. The molecule has 1 aliphatic heterocycles. The third-order valence-corrected chi connectivity index (χ3v) is 8.51. The minimum absolute atomic E-state index is 0.0536. The van der Waals surface area contributed by atoms with Gasteiger partial charge in [0.2, 0.25) is 10.0 Å². The molecule has 2 aromatic rings. The fraction of sp³-hybridized carbons (Fsp3) is 0.519. The predicted molar refractivity (Wildman–Crippen MR) is 142 cm³/mol. The molecule has 1 fully saturated rings. The van der Waals surface area contributed by atoms with Gasteiger partial charge in [-0.25, -0.2) is 13.2 Å². The lowest BCUT2D eigenvalue weighted by Gasteiger charge is -2.31. The van der Waals surface area contributed by atoms with Crippen molar-refractivity contribution in [2.75, 3.05) is 33.4 Å². The number of carbonyl (C=O) groups is 1. The number of nitrogens with zero attached hydrogens (tertiary/aromatic N) is 1. The maximum Gasteiger partial charge on any atom is 0.404 e. The summed E-state index contributed by atoms with van der Waals surface area (Å²) < 4.78 is 45.2. The maximum absolute atomic E-state index is 13.7. The van der Waals surface area contributed by atoms with Gasteiger partial charge in [0, 0.05) is 19.5 Å². The summed E-state index contributed by atoms with van der Waals surface area (Å²) in [6.07, 6.45) is -1.18. The molecule has 210 valence electrons. The van der Waals surface area contributed by atoms with E-state index in [1.54, 1.807) is 12.1 Å². The van der Waals surface area contributed by atoms with Crippen LogP contribution in [-0.2, 0) is 25.9 Å². The lowest BCUT2D eigenvalue weighted by atomic mass is 10.00. The van der Waals surface area contributed by atoms with Gasteiger partial charge in [-0.05, 0) is 55.5 Å². The number of amides is 1. The molecule has 38 heavy (non-hydrogen) atoms. The van der Waals surface area contributed by atoms with Gasteiger partial charge in [-0.3, -0.25) is 0 Å². The number of rotatable bonds is 14. The van der Waals surface area contributed by atoms with Crippen molar-refractivity contribution in [3.63, 3.8) is 0 Å². The van der Waals surface area contributed by atoms with E-state index in [1.807, 2.05) is 44.2 Å². The Balaban J connectivity index is 1.82. The predicted octanol–water partition coefficient (Wildman–Crippen LogP) is 3.11. The second-order valence-corrected chi connectivity index (χ2v) is 11.7. The summed E-state index contributed by atoms with van der Waals surface area (Å²) in [7, 11) is -2.53. The standard InChI is InChI=1S/C27H38N2O8S/c1-20(13-14-27(2)36-15-16-37-27)18-29(38(33,34)23-11-9-22(35-3)10-12-23)19-25(30)24(28-26(31)32)17-21-7-5-4-6-8-21/h4-12,20,24-25,28,30H,13-19H2,1-3H3,(H,31,32)/t20?,24-,25-/m0/s1. The summed E-state index contributed by atoms with van der Waals surface area (Å²) in [5.74, 6) is -0.276. The van der Waals surface area contributed by atoms with Crippen LogP contribution in [0, 0.1) is 5.92 Å². The van der Waals surface area contributed by atoms with E-state index in [-0.39, 0.29) is 30.3 Å². The van der Waals surface area contributed by atoms with Crippen molar-refractivity contribution in [2.45, 2.75) is 55.9 Å². The van der Waals surface area contributed by atoms with Crippen molar-refractivity contribution in [1.29, 1.82) is 0 Å². The van der Waals surface area contributed by atoms with E-state index in [2.05, 4.69) is 5.32 Å². The van der Waals surface area contributed by atoms with Crippen LogP contribution in [0.25, 0.3) is 0 Å². The smallest absolute Gasteiger partial charge is 0.404 e. The van der Waals surface area contributed by atoms with Gasteiger partial charge in [0.15, 0.2) is 5.79 Å². The van der Waals surface area contributed by atoms with Gasteiger partial charge >= 0.3 is 6.09 Å². The van der Waals surface area contributed by atoms with Crippen LogP contribution < -0.4 is 10.1 Å². The van der Waals surface area contributed by atoms with Crippen LogP contribution in [0.2, 0.25) is 0 Å². The number of ether oxygens (including phenoxy) is 3. The number of aliphatic hydroxyl groups is 1. The molecule has 1 heterocycles. The van der Waals surface area contributed by atoms with Crippen molar-refractivity contribution in [3.05, 3.63) is 60.2 Å². The highest BCUT2D eigenvalue weighted by molar-refractivity contribution is 7.89. The molecule has 11 heteroatoms. The Morgan fingerprint density at radius 3 is 2.32 bits per heavy atom. The molecule has 3 rings (SSSR count). The van der Waals surface area contributed by atoms with Gasteiger partial charge in [-0.15, -0.1) is 0 Å². The van der Waals surface area contributed by atoms with E-state index in [1.165, 1.54) is 23.5 Å². The summed E-state index contributed by atoms with van der Waals surface area (Å²) in [6.45, 7) is 4.67. The van der Waals surface area contributed by atoms with Crippen LogP contribution >= 0.6 is 0 Å². The zero-order valence-corrected chi connectivity index (χ0v) is 22.9. The summed E-state index contributed by atoms with van der Waals surface area (Å²) >= 11 is 0. The molecule has 3 atom stereocenters. The Kier molecular flexibility index (Phi) is 10.5. The van der Waals surface area contributed by atoms with Crippen molar-refractivity contribution in [2.24, 2.45) is 5.92 Å². The summed E-state index contributed by atoms with van der Waals surface area (Å²) in [4.78, 5) is 11.6. The van der Waals surface area contributed by atoms with Crippen molar-refractivity contribution >= 4 is 16.1 Å². The lowest BCUT2D eigenvalue weighted by molar-refractivity contribution is -0.149. The molecule has 0 bridgehead atoms. The van der Waals surface area contributed by atoms with Crippen LogP contribution in [0.1, 0.15) is 32.3 Å². The monoisotopic (exact) mass is 550 g/mol. The maximum atomic E-state index is 13.7. The number of sulfonamides is 1. The topological polar surface area (TPSA) is 135 Å². The second kappa shape index (κ2) is 13.4. The Labute approximate surface area is 224 Å². The van der Waals surface area contributed by atoms with Crippen molar-refractivity contribution in [1.82, 2.24) is 9.62 Å². The molecule has 1 aliphatic rings. The van der Waals surface area contributed by atoms with Gasteiger partial charge in [0.1, 0.15) is 5.75 Å². The van der Waals surface area contributed by atoms with Gasteiger partial charge in [0.05, 0.1) is 37.4 Å². The van der Waals surface area contributed by atoms with Gasteiger partial charge in [-0.2, -0.15) is 4.31 Å². The van der Waals surface area contributed by atoms with E-state index in [4.69, 9.17) is 14.2 Å². The van der Waals surface area contributed by atoms with E-state index in [9.17, 15) is 23.4 Å². The summed E-state index contributed by atoms with van der Waals surface area (Å²) in [5.41, 5.74) is 0.813. The molecular formula is C27H38N2O8S. The summed E-state index contributed by atoms with van der Waals surface area (Å²) in [5, 5.41) is 22.9. The summed E-state index contributed by atoms with van der Waals surface area (Å²) in [6, 6.07) is 14.2. The second-order valence-electron chi connectivity index (χ2n) is 9.79. The number of hydrogen-bond acceptors (Lipinski definition) is 7. The fourth-order valence-electron chi connectivity index (χ4n) is 4.46. The van der Waals surface area contributed by atoms with Crippen LogP contribution in [0.4, 0.5) is 4.79 Å². The van der Waals surface area contributed by atoms with Gasteiger partial charge in [0.25, 0.3) is 0 Å². The molecule has 2 aromatic carbocycles. The molecule has 10 nitrogen and oxygen atoms in total. The minimum Gasteiger partial charge on any atom is -0.497 e.